The van der Waals surface area contributed by atoms with Crippen LogP contribution in [0.4, 0.5) is 19.0 Å². The van der Waals surface area contributed by atoms with Crippen LogP contribution < -0.4 is 10.2 Å². The number of hydrogen-bond acceptors (Lipinski definition) is 9. The maximum atomic E-state index is 15.1. The Balaban J connectivity index is 1.39. The number of fused-ring (bicyclic) bond motifs is 4. The summed E-state index contributed by atoms with van der Waals surface area (Å²) in [6, 6.07) is 11.5. The topological polar surface area (TPSA) is 166 Å². The van der Waals surface area contributed by atoms with E-state index in [-0.39, 0.29) is 30.9 Å². The smallest absolute Gasteiger partial charge is 0.417 e. The van der Waals surface area contributed by atoms with Crippen molar-refractivity contribution >= 4 is 64.7 Å². The molecule has 0 radical (unpaired) electrons. The van der Waals surface area contributed by atoms with Gasteiger partial charge in [-0.2, -0.15) is 18.2 Å². The number of pyridine rings is 1. The van der Waals surface area contributed by atoms with Crippen molar-refractivity contribution in [2.24, 2.45) is 29.6 Å². The van der Waals surface area contributed by atoms with Gasteiger partial charge < -0.3 is 14.9 Å². The molecule has 1 saturated carbocycles. The van der Waals surface area contributed by atoms with E-state index in [0.29, 0.717) is 39.0 Å². The lowest BCUT2D eigenvalue weighted by molar-refractivity contribution is -0.143. The zero-order valence-corrected chi connectivity index (χ0v) is 30.2. The molecule has 4 aliphatic rings. The third kappa shape index (κ3) is 6.28. The van der Waals surface area contributed by atoms with E-state index >= 15 is 4.79 Å². The zero-order valence-electron chi connectivity index (χ0n) is 28.7. The lowest BCUT2D eigenvalue weighted by Gasteiger charge is -2.49. The third-order valence-corrected chi connectivity index (χ3v) is 11.5. The Morgan fingerprint density at radius 1 is 1.05 bits per heavy atom. The first-order valence-corrected chi connectivity index (χ1v) is 17.8. The zero-order chi connectivity index (χ0) is 39.6. The lowest BCUT2D eigenvalue weighted by atomic mass is 9.50. The summed E-state index contributed by atoms with van der Waals surface area (Å²) in [5.74, 6) is -9.00. The van der Waals surface area contributed by atoms with E-state index in [2.05, 4.69) is 10.4 Å². The number of carboxylic acid groups (broad SMARTS) is 1. The van der Waals surface area contributed by atoms with Gasteiger partial charge in [0.05, 0.1) is 47.3 Å². The Morgan fingerprint density at radius 3 is 2.44 bits per heavy atom. The first-order chi connectivity index (χ1) is 26.1. The van der Waals surface area contributed by atoms with E-state index in [9.17, 15) is 42.6 Å². The van der Waals surface area contributed by atoms with Crippen molar-refractivity contribution in [3.8, 4) is 11.5 Å². The fraction of sp³-hybridized carbons (Fsp3) is 0.316. The molecule has 12 nitrogen and oxygen atoms in total. The van der Waals surface area contributed by atoms with Crippen molar-refractivity contribution in [3.63, 3.8) is 0 Å². The summed E-state index contributed by atoms with van der Waals surface area (Å²) in [5, 5.41) is 20.0. The molecular weight excluding hydrogens is 768 g/mol. The first kappa shape index (κ1) is 37.9. The van der Waals surface area contributed by atoms with Crippen LogP contribution in [0.2, 0.25) is 10.0 Å². The number of phenols is 1. The Morgan fingerprint density at radius 2 is 1.78 bits per heavy atom. The summed E-state index contributed by atoms with van der Waals surface area (Å²) < 4.78 is 45.6. The number of amides is 4. The summed E-state index contributed by atoms with van der Waals surface area (Å²) in [6.07, 6.45) is 0.436. The number of aromatic nitrogens is 1. The number of nitrogens with zero attached hydrogens (tertiary/aromatic N) is 3. The SMILES string of the molecule is COc1cc(C=CC2C3=CCC4C(=O)N(CCC(=O)O)C(=O)C4C3CC3C(=O)N(Nc4ncc(C(F)(F)F)cc4Cl)C(=O)C23c2ccc(Cl)cc2)ccc1O. The number of halogens is 5. The molecule has 3 heterocycles. The van der Waals surface area contributed by atoms with Crippen molar-refractivity contribution in [1.82, 2.24) is 14.9 Å². The molecule has 2 aliphatic carbocycles. The molecule has 1 aromatic heterocycles. The number of likely N-dealkylation sites (tertiary alicyclic amines) is 1. The predicted octanol–water partition coefficient (Wildman–Crippen LogP) is 6.13. The van der Waals surface area contributed by atoms with Crippen LogP contribution in [-0.4, -0.2) is 68.4 Å². The number of nitrogens with one attached hydrogen (secondary N) is 1. The molecule has 2 aromatic carbocycles. The Hall–Kier alpha value is -5.41. The van der Waals surface area contributed by atoms with Gasteiger partial charge >= 0.3 is 12.1 Å². The highest BCUT2D eigenvalue weighted by molar-refractivity contribution is 6.33. The van der Waals surface area contributed by atoms with Crippen molar-refractivity contribution < 1.29 is 52.1 Å². The number of aliphatic carboxylic acids is 1. The third-order valence-electron chi connectivity index (χ3n) is 10.9. The molecule has 17 heteroatoms. The number of carbonyl (C=O) groups is 5. The summed E-state index contributed by atoms with van der Waals surface area (Å²) in [6.45, 7) is -0.331. The molecule has 55 heavy (non-hydrogen) atoms. The molecule has 7 rings (SSSR count). The summed E-state index contributed by atoms with van der Waals surface area (Å²) in [4.78, 5) is 73.5. The highest BCUT2D eigenvalue weighted by Gasteiger charge is 2.69. The van der Waals surface area contributed by atoms with Crippen LogP contribution >= 0.6 is 23.2 Å². The number of carbonyl (C=O) groups excluding carboxylic acids is 4. The number of aromatic hydroxyl groups is 1. The average molecular weight is 800 g/mol. The van der Waals surface area contributed by atoms with Gasteiger partial charge in [0.25, 0.3) is 11.8 Å². The fourth-order valence-electron chi connectivity index (χ4n) is 8.53. The monoisotopic (exact) mass is 798 g/mol. The molecule has 3 N–H and O–H groups in total. The molecule has 2 saturated heterocycles. The minimum Gasteiger partial charge on any atom is -0.504 e. The largest absolute Gasteiger partial charge is 0.504 e. The maximum absolute atomic E-state index is 15.1. The van der Waals surface area contributed by atoms with E-state index in [4.69, 9.17) is 27.9 Å². The van der Waals surface area contributed by atoms with Crippen molar-refractivity contribution in [3.05, 3.63) is 99.2 Å². The summed E-state index contributed by atoms with van der Waals surface area (Å²) >= 11 is 12.5. The van der Waals surface area contributed by atoms with Crippen LogP contribution in [0.3, 0.4) is 0 Å². The van der Waals surface area contributed by atoms with Crippen LogP contribution in [0.5, 0.6) is 11.5 Å². The van der Waals surface area contributed by atoms with Crippen LogP contribution in [0.1, 0.15) is 36.0 Å². The number of anilines is 1. The van der Waals surface area contributed by atoms with Gasteiger partial charge in [-0.3, -0.25) is 34.3 Å². The number of hydrazine groups is 1. The number of imide groups is 2. The second kappa shape index (κ2) is 14.0. The molecule has 2 aliphatic heterocycles. The van der Waals surface area contributed by atoms with Crippen molar-refractivity contribution in [1.29, 1.82) is 0 Å². The number of hydrogen-bond donors (Lipinski definition) is 3. The molecule has 6 atom stereocenters. The predicted molar refractivity (Wildman–Crippen MR) is 190 cm³/mol. The van der Waals surface area contributed by atoms with Crippen LogP contribution in [0.15, 0.2) is 72.5 Å². The number of methoxy groups -OCH3 is 1. The second-order valence-corrected chi connectivity index (χ2v) is 14.6. The number of alkyl halides is 3. The maximum Gasteiger partial charge on any atom is 0.417 e. The van der Waals surface area contributed by atoms with E-state index in [1.165, 1.54) is 13.2 Å². The molecule has 3 fully saturated rings. The van der Waals surface area contributed by atoms with Crippen LogP contribution in [0.25, 0.3) is 6.08 Å². The van der Waals surface area contributed by atoms with Gasteiger partial charge in [-0.1, -0.05) is 65.2 Å². The molecule has 6 unspecified atom stereocenters. The van der Waals surface area contributed by atoms with E-state index in [1.54, 1.807) is 54.6 Å². The van der Waals surface area contributed by atoms with Gasteiger partial charge in [-0.25, -0.2) is 4.98 Å². The standard InChI is InChI=1S/C38H31Cl2F3N4O8/c1-55-29-14-18(3-11-28(29)48)2-10-25-22-8-9-23-31(35(53)46(33(23)51)13-12-30(49)50)24(22)16-26-34(52)47(36(54)37(25,26)19-4-6-21(39)7-5-19)45-32-27(40)15-20(17-44-32)38(41,42)43/h2-8,10-11,14-15,17,23-26,31,48H,9,12-13,16H2,1H3,(H,44,45)(H,49,50). The Labute approximate surface area is 321 Å². The van der Waals surface area contributed by atoms with Crippen molar-refractivity contribution in [2.45, 2.75) is 30.9 Å². The number of carboxylic acids is 1. The lowest BCUT2D eigenvalue weighted by Crippen LogP contribution is -2.54. The normalized spacial score (nSPS) is 26.2. The quantitative estimate of drug-likeness (QED) is 0.169. The van der Waals surface area contributed by atoms with E-state index in [1.807, 2.05) is 0 Å². The van der Waals surface area contributed by atoms with Gasteiger partial charge in [0, 0.05) is 23.7 Å². The van der Waals surface area contributed by atoms with Crippen molar-refractivity contribution in [2.75, 3.05) is 19.1 Å². The highest BCUT2D eigenvalue weighted by atomic mass is 35.5. The van der Waals surface area contributed by atoms with E-state index < -0.39 is 93.6 Å². The first-order valence-electron chi connectivity index (χ1n) is 17.0. The second-order valence-electron chi connectivity index (χ2n) is 13.7. The molecule has 286 valence electrons. The number of phenolic OH excluding ortho intramolecular Hbond substituents is 1. The average Bonchev–Trinajstić information content (AvgIpc) is 3.51. The summed E-state index contributed by atoms with van der Waals surface area (Å²) in [5.41, 5.74) is 1.17. The van der Waals surface area contributed by atoms with Gasteiger partial charge in [0.2, 0.25) is 11.8 Å². The summed E-state index contributed by atoms with van der Waals surface area (Å²) in [7, 11) is 1.37. The number of allylic oxidation sites excluding steroid dienone is 3. The Kier molecular flexibility index (Phi) is 9.66. The van der Waals surface area contributed by atoms with Crippen LogP contribution in [-0.2, 0) is 35.6 Å². The molecular formula is C38H31Cl2F3N4O8. The molecule has 0 bridgehead atoms. The fourth-order valence-corrected chi connectivity index (χ4v) is 8.86. The number of benzene rings is 2. The minimum absolute atomic E-state index is 0.0958. The number of rotatable bonds is 9. The highest BCUT2D eigenvalue weighted by Crippen LogP contribution is 2.61. The van der Waals surface area contributed by atoms with E-state index in [0.717, 1.165) is 4.90 Å². The van der Waals surface area contributed by atoms with Crippen LogP contribution in [0, 0.1) is 29.6 Å². The Bertz CT molecular complexity index is 2200. The molecule has 0 spiro atoms. The molecule has 4 amide bonds. The van der Waals surface area contributed by atoms with Gasteiger partial charge in [0.15, 0.2) is 17.3 Å². The number of ether oxygens (including phenoxy) is 1. The van der Waals surface area contributed by atoms with Gasteiger partial charge in [-0.15, -0.1) is 0 Å². The van der Waals surface area contributed by atoms with Gasteiger partial charge in [-0.05, 0) is 60.2 Å². The molecule has 3 aromatic rings. The van der Waals surface area contributed by atoms with Gasteiger partial charge in [0.1, 0.15) is 0 Å². The minimum atomic E-state index is -4.77.